The van der Waals surface area contributed by atoms with Gasteiger partial charge in [-0.3, -0.25) is 4.79 Å². The van der Waals surface area contributed by atoms with Crippen LogP contribution in [0.4, 0.5) is 5.69 Å². The van der Waals surface area contributed by atoms with E-state index in [1.54, 1.807) is 18.2 Å². The zero-order valence-corrected chi connectivity index (χ0v) is 11.4. The molecule has 3 N–H and O–H groups in total. The van der Waals surface area contributed by atoms with E-state index in [-0.39, 0.29) is 25.0 Å². The minimum atomic E-state index is -0.166. The molecule has 0 radical (unpaired) electrons. The molecule has 0 heterocycles. The minimum absolute atomic E-state index is 0.0800. The smallest absolute Gasteiger partial charge is 0.227 e. The van der Waals surface area contributed by atoms with Crippen LogP contribution in [-0.2, 0) is 18.0 Å². The molecule has 1 atom stereocenters. The highest BCUT2D eigenvalue weighted by Gasteiger charge is 2.13. The Hall–Kier alpha value is -1.65. The second kappa shape index (κ2) is 7.07. The molecule has 0 bridgehead atoms. The quantitative estimate of drug-likeness (QED) is 0.689. The number of hydrogen-bond acceptors (Lipinski definition) is 3. The van der Waals surface area contributed by atoms with Gasteiger partial charge in [0.05, 0.1) is 13.2 Å². The van der Waals surface area contributed by atoms with Crippen LogP contribution in [0.15, 0.2) is 30.4 Å². The average molecular weight is 263 g/mol. The van der Waals surface area contributed by atoms with Crippen molar-refractivity contribution >= 4 is 11.6 Å². The third kappa shape index (κ3) is 4.50. The monoisotopic (exact) mass is 263 g/mol. The highest BCUT2D eigenvalue weighted by atomic mass is 16.3. The van der Waals surface area contributed by atoms with E-state index < -0.39 is 0 Å². The van der Waals surface area contributed by atoms with Crippen molar-refractivity contribution in [2.24, 2.45) is 5.92 Å². The number of benzene rings is 1. The summed E-state index contributed by atoms with van der Waals surface area (Å²) in [6.45, 7) is 7.24. The Morgan fingerprint density at radius 3 is 2.47 bits per heavy atom. The predicted octanol–water partition coefficient (Wildman–Crippen LogP) is 2.21. The number of anilines is 1. The molecular formula is C15H21NO3. The van der Waals surface area contributed by atoms with E-state index in [1.807, 2.05) is 13.8 Å². The number of carbonyl (C=O) groups is 1. The molecule has 1 amide bonds. The van der Waals surface area contributed by atoms with Gasteiger partial charge in [-0.05, 0) is 36.6 Å². The van der Waals surface area contributed by atoms with E-state index in [2.05, 4.69) is 11.9 Å². The molecule has 0 saturated carbocycles. The van der Waals surface area contributed by atoms with Crippen molar-refractivity contribution in [3.8, 4) is 0 Å². The molecule has 0 aliphatic rings. The number of nitrogens with one attached hydrogen (secondary N) is 1. The van der Waals surface area contributed by atoms with Gasteiger partial charge in [0, 0.05) is 11.6 Å². The van der Waals surface area contributed by atoms with Gasteiger partial charge in [-0.25, -0.2) is 0 Å². The van der Waals surface area contributed by atoms with Crippen molar-refractivity contribution in [2.75, 3.05) is 5.32 Å². The molecule has 0 aliphatic carbocycles. The van der Waals surface area contributed by atoms with E-state index in [1.165, 1.54) is 0 Å². The first-order valence-electron chi connectivity index (χ1n) is 6.26. The zero-order chi connectivity index (χ0) is 14.4. The normalized spacial score (nSPS) is 12.0. The van der Waals surface area contributed by atoms with Crippen LogP contribution >= 0.6 is 0 Å². The zero-order valence-electron chi connectivity index (χ0n) is 11.4. The first-order valence-corrected chi connectivity index (χ1v) is 6.26. The van der Waals surface area contributed by atoms with Gasteiger partial charge in [0.1, 0.15) is 0 Å². The van der Waals surface area contributed by atoms with Gasteiger partial charge in [-0.2, -0.15) is 0 Å². The first kappa shape index (κ1) is 15.4. The highest BCUT2D eigenvalue weighted by molar-refractivity contribution is 5.92. The summed E-state index contributed by atoms with van der Waals surface area (Å²) in [6.07, 6.45) is 0.646. The van der Waals surface area contributed by atoms with Crippen LogP contribution in [0, 0.1) is 5.92 Å². The SMILES string of the molecule is C=C(C)CC(C)C(=O)Nc1ccc(CO)c(CO)c1. The molecule has 1 aromatic rings. The third-order valence-corrected chi connectivity index (χ3v) is 2.92. The maximum absolute atomic E-state index is 11.9. The summed E-state index contributed by atoms with van der Waals surface area (Å²) in [7, 11) is 0. The maximum atomic E-state index is 11.9. The number of aliphatic hydroxyl groups is 2. The van der Waals surface area contributed by atoms with Crippen LogP contribution in [0.1, 0.15) is 31.4 Å². The van der Waals surface area contributed by atoms with Gasteiger partial charge < -0.3 is 15.5 Å². The number of hydrogen-bond donors (Lipinski definition) is 3. The van der Waals surface area contributed by atoms with Gasteiger partial charge in [0.2, 0.25) is 5.91 Å². The van der Waals surface area contributed by atoms with Gasteiger partial charge in [0.15, 0.2) is 0 Å². The van der Waals surface area contributed by atoms with Gasteiger partial charge in [0.25, 0.3) is 0 Å². The van der Waals surface area contributed by atoms with Gasteiger partial charge in [-0.15, -0.1) is 6.58 Å². The van der Waals surface area contributed by atoms with E-state index in [4.69, 9.17) is 5.11 Å². The van der Waals surface area contributed by atoms with E-state index in [9.17, 15) is 9.90 Å². The lowest BCUT2D eigenvalue weighted by Gasteiger charge is -2.13. The lowest BCUT2D eigenvalue weighted by Crippen LogP contribution is -2.20. The van der Waals surface area contributed by atoms with Gasteiger partial charge in [-0.1, -0.05) is 18.6 Å². The summed E-state index contributed by atoms with van der Waals surface area (Å²) < 4.78 is 0. The van der Waals surface area contributed by atoms with Crippen LogP contribution in [0.3, 0.4) is 0 Å². The van der Waals surface area contributed by atoms with Gasteiger partial charge >= 0.3 is 0 Å². The Balaban J connectivity index is 2.77. The molecule has 104 valence electrons. The van der Waals surface area contributed by atoms with Crippen molar-refractivity contribution in [1.82, 2.24) is 0 Å². The Labute approximate surface area is 113 Å². The molecule has 4 heteroatoms. The van der Waals surface area contributed by atoms with Crippen molar-refractivity contribution in [2.45, 2.75) is 33.5 Å². The second-order valence-corrected chi connectivity index (χ2v) is 4.85. The number of allylic oxidation sites excluding steroid dienone is 1. The molecule has 0 aliphatic heterocycles. The second-order valence-electron chi connectivity index (χ2n) is 4.85. The molecule has 0 saturated heterocycles. The summed E-state index contributed by atoms with van der Waals surface area (Å²) in [5, 5.41) is 21.1. The summed E-state index contributed by atoms with van der Waals surface area (Å²) >= 11 is 0. The largest absolute Gasteiger partial charge is 0.392 e. The predicted molar refractivity (Wildman–Crippen MR) is 75.5 cm³/mol. The van der Waals surface area contributed by atoms with Crippen LogP contribution in [-0.4, -0.2) is 16.1 Å². The van der Waals surface area contributed by atoms with Crippen molar-refractivity contribution in [1.29, 1.82) is 0 Å². The standard InChI is InChI=1S/C15H21NO3/c1-10(2)6-11(3)15(19)16-14-5-4-12(8-17)13(7-14)9-18/h4-5,7,11,17-18H,1,6,8-9H2,2-3H3,(H,16,19). The fourth-order valence-corrected chi connectivity index (χ4v) is 1.89. The van der Waals surface area contributed by atoms with Crippen LogP contribution < -0.4 is 5.32 Å². The first-order chi connectivity index (χ1) is 8.97. The lowest BCUT2D eigenvalue weighted by atomic mass is 10.0. The Morgan fingerprint density at radius 1 is 1.32 bits per heavy atom. The molecule has 0 aromatic heterocycles. The maximum Gasteiger partial charge on any atom is 0.227 e. The van der Waals surface area contributed by atoms with Crippen molar-refractivity contribution in [3.05, 3.63) is 41.5 Å². The van der Waals surface area contributed by atoms with E-state index >= 15 is 0 Å². The highest BCUT2D eigenvalue weighted by Crippen LogP contribution is 2.18. The number of carbonyl (C=O) groups excluding carboxylic acids is 1. The molecule has 1 rings (SSSR count). The fourth-order valence-electron chi connectivity index (χ4n) is 1.89. The molecule has 0 spiro atoms. The lowest BCUT2D eigenvalue weighted by molar-refractivity contribution is -0.119. The Kier molecular flexibility index (Phi) is 5.73. The Morgan fingerprint density at radius 2 is 1.95 bits per heavy atom. The molecule has 4 nitrogen and oxygen atoms in total. The molecular weight excluding hydrogens is 242 g/mol. The van der Waals surface area contributed by atoms with Crippen LogP contribution in [0.5, 0.6) is 0 Å². The van der Waals surface area contributed by atoms with Crippen LogP contribution in [0.2, 0.25) is 0 Å². The molecule has 0 fully saturated rings. The van der Waals surface area contributed by atoms with E-state index in [0.29, 0.717) is 23.2 Å². The van der Waals surface area contributed by atoms with E-state index in [0.717, 1.165) is 5.57 Å². The summed E-state index contributed by atoms with van der Waals surface area (Å²) in [5.74, 6) is -0.226. The minimum Gasteiger partial charge on any atom is -0.392 e. The average Bonchev–Trinajstić information content (AvgIpc) is 2.37. The molecule has 19 heavy (non-hydrogen) atoms. The van der Waals surface area contributed by atoms with Crippen molar-refractivity contribution in [3.63, 3.8) is 0 Å². The fraction of sp³-hybridized carbons (Fsp3) is 0.400. The third-order valence-electron chi connectivity index (χ3n) is 2.92. The number of rotatable bonds is 6. The summed E-state index contributed by atoms with van der Waals surface area (Å²) in [4.78, 5) is 11.9. The summed E-state index contributed by atoms with van der Waals surface area (Å²) in [5.41, 5.74) is 2.87. The number of aliphatic hydroxyl groups excluding tert-OH is 2. The molecule has 1 aromatic carbocycles. The summed E-state index contributed by atoms with van der Waals surface area (Å²) in [6, 6.07) is 5.09. The van der Waals surface area contributed by atoms with Crippen molar-refractivity contribution < 1.29 is 15.0 Å². The van der Waals surface area contributed by atoms with Crippen LogP contribution in [0.25, 0.3) is 0 Å². The molecule has 1 unspecified atom stereocenters. The number of amides is 1. The Bertz CT molecular complexity index is 468. The topological polar surface area (TPSA) is 69.6 Å².